The van der Waals surface area contributed by atoms with Crippen LogP contribution >= 0.6 is 0 Å². The third-order valence-electron chi connectivity index (χ3n) is 5.87. The number of amides is 2. The number of nitrogens with zero attached hydrogens (tertiary/aromatic N) is 2. The number of carbonyl (C=O) groups is 3. The molecule has 0 bridgehead atoms. The topological polar surface area (TPSA) is 76.2 Å². The summed E-state index contributed by atoms with van der Waals surface area (Å²) in [4.78, 5) is 42.7. The Morgan fingerprint density at radius 2 is 1.73 bits per heavy atom. The summed E-state index contributed by atoms with van der Waals surface area (Å²) in [7, 11) is 0. The molecule has 1 unspecified atom stereocenters. The Kier molecular flexibility index (Phi) is 4.46. The Morgan fingerprint density at radius 3 is 2.50 bits per heavy atom. The summed E-state index contributed by atoms with van der Waals surface area (Å²) in [5.41, 5.74) is -0.467. The molecule has 0 N–H and O–H groups in total. The van der Waals surface area contributed by atoms with E-state index in [2.05, 4.69) is 0 Å². The van der Waals surface area contributed by atoms with Crippen molar-refractivity contribution in [3.63, 3.8) is 0 Å². The van der Waals surface area contributed by atoms with Gasteiger partial charge in [-0.1, -0.05) is 30.3 Å². The van der Waals surface area contributed by atoms with E-state index < -0.39 is 11.6 Å². The lowest BCUT2D eigenvalue weighted by molar-refractivity contribution is -0.158. The van der Waals surface area contributed by atoms with Gasteiger partial charge in [0.2, 0.25) is 11.6 Å². The first-order valence-electron chi connectivity index (χ1n) is 10.2. The zero-order chi connectivity index (χ0) is 20.7. The summed E-state index contributed by atoms with van der Waals surface area (Å²) in [5.74, 6) is -0.264. The van der Waals surface area contributed by atoms with E-state index in [9.17, 15) is 14.4 Å². The fourth-order valence-electron chi connectivity index (χ4n) is 4.44. The first-order chi connectivity index (χ1) is 14.6. The van der Waals surface area contributed by atoms with E-state index in [0.717, 1.165) is 12.8 Å². The highest BCUT2D eigenvalue weighted by atomic mass is 16.6. The van der Waals surface area contributed by atoms with Gasteiger partial charge in [0.1, 0.15) is 19.0 Å². The summed E-state index contributed by atoms with van der Waals surface area (Å²) in [6, 6.07) is 16.2. The average molecular weight is 406 g/mol. The zero-order valence-corrected chi connectivity index (χ0v) is 16.5. The van der Waals surface area contributed by atoms with Gasteiger partial charge in [-0.2, -0.15) is 0 Å². The lowest BCUT2D eigenvalue weighted by Crippen LogP contribution is -2.69. The lowest BCUT2D eigenvalue weighted by atomic mass is 9.96. The molecule has 7 heteroatoms. The molecule has 2 heterocycles. The molecule has 2 amide bonds. The van der Waals surface area contributed by atoms with Crippen LogP contribution in [-0.4, -0.2) is 47.6 Å². The third-order valence-corrected chi connectivity index (χ3v) is 5.87. The van der Waals surface area contributed by atoms with Gasteiger partial charge in [0.25, 0.3) is 5.91 Å². The van der Waals surface area contributed by atoms with Gasteiger partial charge in [-0.15, -0.1) is 0 Å². The fraction of sp³-hybridized carbons (Fsp3) is 0.348. The van der Waals surface area contributed by atoms with Gasteiger partial charge in [-0.25, -0.2) is 4.79 Å². The highest BCUT2D eigenvalue weighted by Crippen LogP contribution is 2.49. The number of hydrogen-bond donors (Lipinski definition) is 0. The number of fused-ring (bicyclic) bond motifs is 3. The molecule has 0 radical (unpaired) electrons. The van der Waals surface area contributed by atoms with Crippen LogP contribution in [0.3, 0.4) is 0 Å². The highest BCUT2D eigenvalue weighted by Gasteiger charge is 2.64. The monoisotopic (exact) mass is 406 g/mol. The number of para-hydroxylation sites is 2. The maximum atomic E-state index is 13.4. The summed E-state index contributed by atoms with van der Waals surface area (Å²) in [6.07, 6.45) is 2.07. The summed E-state index contributed by atoms with van der Waals surface area (Å²) >= 11 is 0. The zero-order valence-electron chi connectivity index (χ0n) is 16.5. The predicted molar refractivity (Wildman–Crippen MR) is 108 cm³/mol. The maximum Gasteiger partial charge on any atom is 0.353 e. The van der Waals surface area contributed by atoms with Crippen LogP contribution in [0.15, 0.2) is 54.6 Å². The molecule has 5 rings (SSSR count). The second-order valence-corrected chi connectivity index (χ2v) is 7.77. The van der Waals surface area contributed by atoms with Crippen molar-refractivity contribution >= 4 is 23.5 Å². The molecule has 2 aromatic carbocycles. The number of benzene rings is 2. The number of hydrogen-bond acceptors (Lipinski definition) is 5. The molecule has 2 aliphatic heterocycles. The van der Waals surface area contributed by atoms with Crippen LogP contribution in [0.1, 0.15) is 36.0 Å². The van der Waals surface area contributed by atoms with Crippen LogP contribution in [0, 0.1) is 0 Å². The minimum atomic E-state index is -1.41. The minimum Gasteiger partial charge on any atom is -0.490 e. The van der Waals surface area contributed by atoms with Crippen molar-refractivity contribution in [2.75, 3.05) is 18.1 Å². The molecule has 1 saturated carbocycles. The summed E-state index contributed by atoms with van der Waals surface area (Å²) in [6.45, 7) is 0.222. The Morgan fingerprint density at radius 1 is 1.00 bits per heavy atom. The molecule has 1 aliphatic carbocycles. The molecule has 1 saturated heterocycles. The Labute approximate surface area is 174 Å². The van der Waals surface area contributed by atoms with E-state index in [0.29, 0.717) is 17.0 Å². The first kappa shape index (κ1) is 18.7. The van der Waals surface area contributed by atoms with Crippen molar-refractivity contribution in [1.82, 2.24) is 4.90 Å². The standard InChI is InChI=1S/C23H22N2O5/c26-20-12-13-23(22(28)30-15-14-29-17-6-2-1-3-7-17)24(16-10-11-16)21(27)18-8-4-5-9-19(18)25(20)23/h1-9,16H,10-15H2. The van der Waals surface area contributed by atoms with Crippen molar-refractivity contribution in [3.8, 4) is 5.75 Å². The van der Waals surface area contributed by atoms with E-state index >= 15 is 0 Å². The molecule has 0 spiro atoms. The molecule has 0 aromatic heterocycles. The Hall–Kier alpha value is -3.35. The van der Waals surface area contributed by atoms with Crippen LogP contribution in [-0.2, 0) is 14.3 Å². The molecule has 3 aliphatic rings. The number of carbonyl (C=O) groups excluding carboxylic acids is 3. The van der Waals surface area contributed by atoms with Crippen molar-refractivity contribution < 1.29 is 23.9 Å². The van der Waals surface area contributed by atoms with Crippen LogP contribution < -0.4 is 9.64 Å². The van der Waals surface area contributed by atoms with Gasteiger partial charge in [-0.3, -0.25) is 14.5 Å². The van der Waals surface area contributed by atoms with Gasteiger partial charge in [0, 0.05) is 18.9 Å². The Bertz CT molecular complexity index is 1000. The number of esters is 1. The molecule has 154 valence electrons. The summed E-state index contributed by atoms with van der Waals surface area (Å²) < 4.78 is 11.2. The van der Waals surface area contributed by atoms with Gasteiger partial charge >= 0.3 is 5.97 Å². The summed E-state index contributed by atoms with van der Waals surface area (Å²) in [5, 5.41) is 0. The molecular formula is C23H22N2O5. The average Bonchev–Trinajstić information content (AvgIpc) is 3.54. The molecule has 2 aromatic rings. The lowest BCUT2D eigenvalue weighted by Gasteiger charge is -2.48. The smallest absolute Gasteiger partial charge is 0.353 e. The second kappa shape index (κ2) is 7.16. The molecule has 30 heavy (non-hydrogen) atoms. The van der Waals surface area contributed by atoms with Gasteiger partial charge in [-0.05, 0) is 37.1 Å². The van der Waals surface area contributed by atoms with E-state index in [4.69, 9.17) is 9.47 Å². The number of rotatable bonds is 6. The Balaban J connectivity index is 1.41. The largest absolute Gasteiger partial charge is 0.490 e. The fourth-order valence-corrected chi connectivity index (χ4v) is 4.44. The molecule has 1 atom stereocenters. The van der Waals surface area contributed by atoms with E-state index in [1.165, 1.54) is 4.90 Å². The number of anilines is 1. The second-order valence-electron chi connectivity index (χ2n) is 7.77. The van der Waals surface area contributed by atoms with Crippen molar-refractivity contribution in [1.29, 1.82) is 0 Å². The van der Waals surface area contributed by atoms with Gasteiger partial charge in [0.05, 0.1) is 11.3 Å². The highest BCUT2D eigenvalue weighted by molar-refractivity contribution is 6.15. The van der Waals surface area contributed by atoms with Crippen LogP contribution in [0.2, 0.25) is 0 Å². The third kappa shape index (κ3) is 2.84. The van der Waals surface area contributed by atoms with Crippen molar-refractivity contribution in [3.05, 3.63) is 60.2 Å². The van der Waals surface area contributed by atoms with Crippen LogP contribution in [0.5, 0.6) is 5.75 Å². The molecular weight excluding hydrogens is 384 g/mol. The molecule has 2 fully saturated rings. The number of ether oxygens (including phenoxy) is 2. The van der Waals surface area contributed by atoms with Crippen LogP contribution in [0.25, 0.3) is 0 Å². The van der Waals surface area contributed by atoms with Gasteiger partial charge < -0.3 is 14.4 Å². The normalized spacial score (nSPS) is 22.5. The van der Waals surface area contributed by atoms with E-state index in [-0.39, 0.29) is 43.9 Å². The van der Waals surface area contributed by atoms with Crippen LogP contribution in [0.4, 0.5) is 5.69 Å². The van der Waals surface area contributed by atoms with Crippen molar-refractivity contribution in [2.24, 2.45) is 0 Å². The van der Waals surface area contributed by atoms with E-state index in [1.54, 1.807) is 29.2 Å². The van der Waals surface area contributed by atoms with Gasteiger partial charge in [0.15, 0.2) is 0 Å². The minimum absolute atomic E-state index is 0.0336. The quantitative estimate of drug-likeness (QED) is 0.545. The predicted octanol–water partition coefficient (Wildman–Crippen LogP) is 2.75. The van der Waals surface area contributed by atoms with Crippen molar-refractivity contribution in [2.45, 2.75) is 37.4 Å². The molecule has 7 nitrogen and oxygen atoms in total. The van der Waals surface area contributed by atoms with E-state index in [1.807, 2.05) is 30.3 Å². The maximum absolute atomic E-state index is 13.4. The first-order valence-corrected chi connectivity index (χ1v) is 10.2. The SMILES string of the molecule is O=C1CCC2(C(=O)OCCOc3ccccc3)N1c1ccccc1C(=O)N2C1CC1.